The monoisotopic (exact) mass is 534 g/mol. The molecular weight excluding hydrogens is 499 g/mol. The van der Waals surface area contributed by atoms with Crippen molar-refractivity contribution in [1.29, 1.82) is 0 Å². The molecule has 202 valence electrons. The van der Waals surface area contributed by atoms with Crippen molar-refractivity contribution in [2.24, 2.45) is 5.92 Å². The second-order valence-electron chi connectivity index (χ2n) is 9.88. The largest absolute Gasteiger partial charge is 0.481 e. The molecule has 1 saturated heterocycles. The third-order valence-corrected chi connectivity index (χ3v) is 6.66. The molecule has 1 aliphatic heterocycles. The van der Waals surface area contributed by atoms with Gasteiger partial charge in [0.25, 0.3) is 0 Å². The van der Waals surface area contributed by atoms with Crippen LogP contribution < -0.4 is 10.2 Å². The number of hydrogen-bond donors (Lipinski definition) is 2. The van der Waals surface area contributed by atoms with Crippen molar-refractivity contribution in [2.45, 2.75) is 51.5 Å². The Balaban J connectivity index is 1.99. The second-order valence-corrected chi connectivity index (χ2v) is 10.3. The first-order valence-electron chi connectivity index (χ1n) is 12.6. The van der Waals surface area contributed by atoms with Gasteiger partial charge in [-0.3, -0.25) is 9.59 Å². The summed E-state index contributed by atoms with van der Waals surface area (Å²) in [6, 6.07) is 10.1. The van der Waals surface area contributed by atoms with E-state index in [-0.39, 0.29) is 47.9 Å². The number of anilines is 2. The topological polar surface area (TPSA) is 88.1 Å². The van der Waals surface area contributed by atoms with Crippen molar-refractivity contribution in [3.05, 3.63) is 58.4 Å². The highest BCUT2D eigenvalue weighted by atomic mass is 35.5. The number of amides is 1. The first kappa shape index (κ1) is 28.9. The molecule has 1 aliphatic rings. The molecule has 0 saturated carbocycles. The summed E-state index contributed by atoms with van der Waals surface area (Å²) in [6.45, 7) is 6.63. The summed E-state index contributed by atoms with van der Waals surface area (Å²) in [7, 11) is 1.53. The van der Waals surface area contributed by atoms with Gasteiger partial charge in [-0.1, -0.05) is 37.6 Å². The molecule has 0 bridgehead atoms. The van der Waals surface area contributed by atoms with Crippen molar-refractivity contribution in [3.8, 4) is 0 Å². The van der Waals surface area contributed by atoms with Gasteiger partial charge in [0.05, 0.1) is 30.8 Å². The molecule has 3 rings (SSSR count). The summed E-state index contributed by atoms with van der Waals surface area (Å²) in [6.07, 6.45) is 1.46. The summed E-state index contributed by atoms with van der Waals surface area (Å²) < 4.78 is 25.2. The van der Waals surface area contributed by atoms with E-state index in [0.29, 0.717) is 24.8 Å². The van der Waals surface area contributed by atoms with Crippen LogP contribution in [0.15, 0.2) is 36.4 Å². The molecule has 1 amide bonds. The number of carbonyl (C=O) groups is 2. The number of aliphatic carboxylic acids is 1. The zero-order valence-corrected chi connectivity index (χ0v) is 22.4. The molecule has 9 heteroatoms. The molecule has 0 aromatic heterocycles. The fraction of sp³-hybridized carbons (Fsp3) is 0.500. The average molecular weight is 535 g/mol. The van der Waals surface area contributed by atoms with E-state index in [1.54, 1.807) is 6.07 Å². The molecule has 1 unspecified atom stereocenters. The van der Waals surface area contributed by atoms with Crippen LogP contribution in [-0.2, 0) is 25.5 Å². The highest BCUT2D eigenvalue weighted by Gasteiger charge is 2.26. The van der Waals surface area contributed by atoms with Crippen LogP contribution in [0.2, 0.25) is 5.02 Å². The van der Waals surface area contributed by atoms with E-state index in [0.717, 1.165) is 30.6 Å². The molecule has 1 heterocycles. The summed E-state index contributed by atoms with van der Waals surface area (Å²) in [5, 5.41) is 12.7. The molecule has 1 atom stereocenters. The molecule has 0 spiro atoms. The summed E-state index contributed by atoms with van der Waals surface area (Å²) >= 11 is 5.86. The third kappa shape index (κ3) is 8.42. The van der Waals surface area contributed by atoms with Gasteiger partial charge in [-0.25, -0.2) is 4.39 Å². The number of nitrogens with one attached hydrogen (secondary N) is 1. The third-order valence-electron chi connectivity index (χ3n) is 6.42. The lowest BCUT2D eigenvalue weighted by atomic mass is 9.94. The number of rotatable bonds is 12. The molecular formula is C28H36ClFN2O5. The fourth-order valence-electron chi connectivity index (χ4n) is 4.71. The predicted octanol–water partition coefficient (Wildman–Crippen LogP) is 5.51. The molecule has 2 aromatic rings. The summed E-state index contributed by atoms with van der Waals surface area (Å²) in [5.41, 5.74) is 2.40. The van der Waals surface area contributed by atoms with Crippen LogP contribution in [0.1, 0.15) is 50.2 Å². The van der Waals surface area contributed by atoms with Crippen molar-refractivity contribution in [3.63, 3.8) is 0 Å². The van der Waals surface area contributed by atoms with E-state index in [4.69, 9.17) is 21.1 Å². The number of methoxy groups -OCH3 is 1. The minimum absolute atomic E-state index is 0.105. The quantitative estimate of drug-likeness (QED) is 0.373. The predicted molar refractivity (Wildman–Crippen MR) is 143 cm³/mol. The van der Waals surface area contributed by atoms with Crippen LogP contribution >= 0.6 is 11.6 Å². The maximum atomic E-state index is 14.4. The zero-order chi connectivity index (χ0) is 26.9. The van der Waals surface area contributed by atoms with Crippen molar-refractivity contribution < 1.29 is 28.6 Å². The van der Waals surface area contributed by atoms with Crippen LogP contribution in [0, 0.1) is 11.7 Å². The van der Waals surface area contributed by atoms with Gasteiger partial charge in [-0.15, -0.1) is 0 Å². The summed E-state index contributed by atoms with van der Waals surface area (Å²) in [4.78, 5) is 26.9. The van der Waals surface area contributed by atoms with Gasteiger partial charge in [0.2, 0.25) is 5.91 Å². The fourth-order valence-corrected chi connectivity index (χ4v) is 4.87. The van der Waals surface area contributed by atoms with Crippen LogP contribution in [0.5, 0.6) is 0 Å². The highest BCUT2D eigenvalue weighted by Crippen LogP contribution is 2.35. The van der Waals surface area contributed by atoms with Crippen LogP contribution in [0.4, 0.5) is 15.8 Å². The molecule has 1 fully saturated rings. The molecule has 2 N–H and O–H groups in total. The van der Waals surface area contributed by atoms with E-state index in [2.05, 4.69) is 24.1 Å². The SMILES string of the molecule is COCC(CC(=O)O)c1ccc(N(CC(C)C)C2CCOCC2)c(NC(=O)Cc2ccc(Cl)cc2F)c1. The number of hydrogen-bond acceptors (Lipinski definition) is 5. The molecule has 0 aliphatic carbocycles. The van der Waals surface area contributed by atoms with E-state index in [9.17, 15) is 19.1 Å². The van der Waals surface area contributed by atoms with Crippen molar-refractivity contribution >= 4 is 34.9 Å². The van der Waals surface area contributed by atoms with Gasteiger partial charge >= 0.3 is 5.97 Å². The van der Waals surface area contributed by atoms with Gasteiger partial charge in [0, 0.05) is 43.9 Å². The maximum absolute atomic E-state index is 14.4. The first-order chi connectivity index (χ1) is 17.7. The maximum Gasteiger partial charge on any atom is 0.304 e. The number of nitrogens with zero attached hydrogens (tertiary/aromatic N) is 1. The van der Waals surface area contributed by atoms with Gasteiger partial charge in [-0.05, 0) is 54.2 Å². The minimum Gasteiger partial charge on any atom is -0.481 e. The number of halogens is 2. The second kappa shape index (κ2) is 13.7. The Kier molecular flexibility index (Phi) is 10.7. The van der Waals surface area contributed by atoms with E-state index < -0.39 is 11.8 Å². The number of carbonyl (C=O) groups excluding carboxylic acids is 1. The normalized spacial score (nSPS) is 15.0. The smallest absolute Gasteiger partial charge is 0.304 e. The van der Waals surface area contributed by atoms with Crippen molar-refractivity contribution in [2.75, 3.05) is 43.7 Å². The zero-order valence-electron chi connectivity index (χ0n) is 21.6. The van der Waals surface area contributed by atoms with E-state index in [1.165, 1.54) is 19.2 Å². The number of ether oxygens (including phenoxy) is 2. The Morgan fingerprint density at radius 1 is 1.22 bits per heavy atom. The molecule has 7 nitrogen and oxygen atoms in total. The Morgan fingerprint density at radius 3 is 2.57 bits per heavy atom. The Labute approximate surface area is 222 Å². The van der Waals surface area contributed by atoms with Crippen LogP contribution in [0.25, 0.3) is 0 Å². The summed E-state index contributed by atoms with van der Waals surface area (Å²) in [5.74, 6) is -1.87. The average Bonchev–Trinajstić information content (AvgIpc) is 2.84. The standard InChI is InChI=1S/C28H36ClFN2O5/c1-18(2)16-32(23-8-10-37-11-9-23)26-7-5-19(21(17-36-3)14-28(34)35)12-25(26)31-27(33)13-20-4-6-22(29)15-24(20)30/h4-7,12,15,18,21,23H,8-11,13-14,16-17H2,1-3H3,(H,31,33)(H,34,35). The minimum atomic E-state index is -0.932. The number of carboxylic acid groups (broad SMARTS) is 1. The number of carboxylic acids is 1. The van der Waals surface area contributed by atoms with E-state index in [1.807, 2.05) is 18.2 Å². The molecule has 2 aromatic carbocycles. The van der Waals surface area contributed by atoms with E-state index >= 15 is 0 Å². The Hall–Kier alpha value is -2.68. The lowest BCUT2D eigenvalue weighted by molar-refractivity contribution is -0.137. The van der Waals surface area contributed by atoms with Crippen LogP contribution in [-0.4, -0.2) is 56.5 Å². The van der Waals surface area contributed by atoms with Crippen molar-refractivity contribution in [1.82, 2.24) is 0 Å². The highest BCUT2D eigenvalue weighted by molar-refractivity contribution is 6.30. The Bertz CT molecular complexity index is 1070. The first-order valence-corrected chi connectivity index (χ1v) is 13.0. The molecule has 0 radical (unpaired) electrons. The van der Waals surface area contributed by atoms with Gasteiger partial charge < -0.3 is 24.8 Å². The lowest BCUT2D eigenvalue weighted by Gasteiger charge is -2.38. The molecule has 37 heavy (non-hydrogen) atoms. The van der Waals surface area contributed by atoms with Crippen LogP contribution in [0.3, 0.4) is 0 Å². The Morgan fingerprint density at radius 2 is 1.95 bits per heavy atom. The van der Waals surface area contributed by atoms with Gasteiger partial charge in [0.15, 0.2) is 0 Å². The number of benzene rings is 2. The van der Waals surface area contributed by atoms with Gasteiger partial charge in [0.1, 0.15) is 5.82 Å². The van der Waals surface area contributed by atoms with Gasteiger partial charge in [-0.2, -0.15) is 0 Å². The lowest BCUT2D eigenvalue weighted by Crippen LogP contribution is -2.42.